The Morgan fingerprint density at radius 3 is 2.53 bits per heavy atom. The summed E-state index contributed by atoms with van der Waals surface area (Å²) >= 11 is 3.97. The Balaban J connectivity index is 2.56. The molecule has 1 saturated heterocycles. The van der Waals surface area contributed by atoms with Crippen molar-refractivity contribution in [3.8, 4) is 0 Å². The van der Waals surface area contributed by atoms with Gasteiger partial charge in [-0.25, -0.2) is 0 Å². The summed E-state index contributed by atoms with van der Waals surface area (Å²) in [5.74, 6) is 0.0383. The standard InChI is InChI=1S/C9H18O5S/c1-5-6(4-10)7(11)8(12)9(14-5)13-2-3-15/h5-12,15H,2-4H2,1H3/t5?,6-,7+,8?,9+/m1/s1. The molecule has 0 amide bonds. The van der Waals surface area contributed by atoms with Gasteiger partial charge in [-0.1, -0.05) is 0 Å². The maximum Gasteiger partial charge on any atom is 0.186 e. The summed E-state index contributed by atoms with van der Waals surface area (Å²) in [6.45, 7) is 1.85. The molecule has 0 aromatic carbocycles. The minimum absolute atomic E-state index is 0.224. The van der Waals surface area contributed by atoms with Gasteiger partial charge in [-0.3, -0.25) is 0 Å². The van der Waals surface area contributed by atoms with Crippen LogP contribution in [0, 0.1) is 5.92 Å². The van der Waals surface area contributed by atoms with E-state index in [1.807, 2.05) is 0 Å². The van der Waals surface area contributed by atoms with Gasteiger partial charge in [0.15, 0.2) is 6.29 Å². The Kier molecular flexibility index (Phi) is 5.31. The van der Waals surface area contributed by atoms with E-state index in [9.17, 15) is 10.2 Å². The molecule has 0 saturated carbocycles. The van der Waals surface area contributed by atoms with Crippen LogP contribution >= 0.6 is 12.6 Å². The molecule has 1 aliphatic heterocycles. The molecule has 6 heteroatoms. The van der Waals surface area contributed by atoms with Crippen LogP contribution in [0.25, 0.3) is 0 Å². The fraction of sp³-hybridized carbons (Fsp3) is 1.00. The van der Waals surface area contributed by atoms with Crippen molar-refractivity contribution in [1.82, 2.24) is 0 Å². The van der Waals surface area contributed by atoms with Crippen LogP contribution in [0.4, 0.5) is 0 Å². The number of thiol groups is 1. The monoisotopic (exact) mass is 238 g/mol. The first-order chi connectivity index (χ1) is 7.11. The average Bonchev–Trinajstić information content (AvgIpc) is 2.22. The van der Waals surface area contributed by atoms with E-state index >= 15 is 0 Å². The first kappa shape index (κ1) is 13.2. The lowest BCUT2D eigenvalue weighted by molar-refractivity contribution is -0.283. The van der Waals surface area contributed by atoms with Gasteiger partial charge in [0, 0.05) is 11.7 Å². The van der Waals surface area contributed by atoms with Crippen molar-refractivity contribution in [2.45, 2.75) is 31.5 Å². The molecule has 1 rings (SSSR count). The lowest BCUT2D eigenvalue weighted by Gasteiger charge is -2.40. The lowest BCUT2D eigenvalue weighted by Crippen LogP contribution is -2.55. The van der Waals surface area contributed by atoms with Crippen molar-refractivity contribution in [2.24, 2.45) is 5.92 Å². The van der Waals surface area contributed by atoms with Gasteiger partial charge in [-0.05, 0) is 6.92 Å². The van der Waals surface area contributed by atoms with Crippen molar-refractivity contribution in [1.29, 1.82) is 0 Å². The minimum Gasteiger partial charge on any atom is -0.396 e. The van der Waals surface area contributed by atoms with Crippen LogP contribution in [0.2, 0.25) is 0 Å². The fourth-order valence-electron chi connectivity index (χ4n) is 1.65. The highest BCUT2D eigenvalue weighted by Gasteiger charge is 2.42. The molecule has 1 aliphatic rings. The molecule has 3 N–H and O–H groups in total. The molecule has 5 atom stereocenters. The van der Waals surface area contributed by atoms with Gasteiger partial charge in [0.1, 0.15) is 6.10 Å². The molecule has 0 aromatic heterocycles. The van der Waals surface area contributed by atoms with Crippen LogP contribution in [0.5, 0.6) is 0 Å². The summed E-state index contributed by atoms with van der Waals surface area (Å²) in [6, 6.07) is 0. The number of ether oxygens (including phenoxy) is 2. The number of aliphatic hydroxyl groups is 3. The third-order valence-corrected chi connectivity index (χ3v) is 2.79. The maximum atomic E-state index is 9.69. The number of hydrogen-bond acceptors (Lipinski definition) is 6. The van der Waals surface area contributed by atoms with Crippen LogP contribution in [-0.2, 0) is 9.47 Å². The van der Waals surface area contributed by atoms with E-state index in [2.05, 4.69) is 12.6 Å². The van der Waals surface area contributed by atoms with E-state index in [0.717, 1.165) is 0 Å². The van der Waals surface area contributed by atoms with E-state index in [1.54, 1.807) is 6.92 Å². The van der Waals surface area contributed by atoms with Gasteiger partial charge in [0.25, 0.3) is 0 Å². The molecular formula is C9H18O5S. The van der Waals surface area contributed by atoms with E-state index in [0.29, 0.717) is 12.4 Å². The van der Waals surface area contributed by atoms with Crippen molar-refractivity contribution in [2.75, 3.05) is 19.0 Å². The Labute approximate surface area is 94.4 Å². The molecule has 2 unspecified atom stereocenters. The van der Waals surface area contributed by atoms with Crippen molar-refractivity contribution < 1.29 is 24.8 Å². The third kappa shape index (κ3) is 3.05. The highest BCUT2D eigenvalue weighted by Crippen LogP contribution is 2.26. The van der Waals surface area contributed by atoms with Crippen LogP contribution in [0.3, 0.4) is 0 Å². The van der Waals surface area contributed by atoms with E-state index in [1.165, 1.54) is 0 Å². The molecule has 0 bridgehead atoms. The molecular weight excluding hydrogens is 220 g/mol. The van der Waals surface area contributed by atoms with Gasteiger partial charge in [0.05, 0.1) is 25.4 Å². The average molecular weight is 238 g/mol. The highest BCUT2D eigenvalue weighted by atomic mass is 32.1. The Bertz CT molecular complexity index is 191. The topological polar surface area (TPSA) is 79.2 Å². The van der Waals surface area contributed by atoms with E-state index in [4.69, 9.17) is 14.6 Å². The van der Waals surface area contributed by atoms with Crippen molar-refractivity contribution in [3.63, 3.8) is 0 Å². The largest absolute Gasteiger partial charge is 0.396 e. The molecule has 15 heavy (non-hydrogen) atoms. The second kappa shape index (κ2) is 6.03. The van der Waals surface area contributed by atoms with E-state index < -0.39 is 24.4 Å². The first-order valence-electron chi connectivity index (χ1n) is 4.96. The summed E-state index contributed by atoms with van der Waals surface area (Å²) in [7, 11) is 0. The molecule has 5 nitrogen and oxygen atoms in total. The van der Waals surface area contributed by atoms with Gasteiger partial charge in [0.2, 0.25) is 0 Å². The zero-order chi connectivity index (χ0) is 11.4. The number of aliphatic hydroxyl groups excluding tert-OH is 3. The Morgan fingerprint density at radius 1 is 1.33 bits per heavy atom. The van der Waals surface area contributed by atoms with Gasteiger partial charge in [-0.2, -0.15) is 12.6 Å². The molecule has 90 valence electrons. The molecule has 0 spiro atoms. The Hall–Kier alpha value is 0.150. The highest BCUT2D eigenvalue weighted by molar-refractivity contribution is 7.80. The van der Waals surface area contributed by atoms with Gasteiger partial charge >= 0.3 is 0 Å². The molecule has 1 fully saturated rings. The fourth-order valence-corrected chi connectivity index (χ4v) is 1.75. The van der Waals surface area contributed by atoms with Crippen LogP contribution in [-0.4, -0.2) is 58.9 Å². The summed E-state index contributed by atoms with van der Waals surface area (Å²) in [6.07, 6.45) is -3.34. The van der Waals surface area contributed by atoms with Crippen LogP contribution < -0.4 is 0 Å². The van der Waals surface area contributed by atoms with Crippen molar-refractivity contribution in [3.05, 3.63) is 0 Å². The first-order valence-corrected chi connectivity index (χ1v) is 5.60. The minimum atomic E-state index is -1.13. The van der Waals surface area contributed by atoms with E-state index in [-0.39, 0.29) is 12.7 Å². The predicted octanol–water partition coefficient (Wildman–Crippen LogP) is -0.992. The molecule has 0 aromatic rings. The van der Waals surface area contributed by atoms with Crippen molar-refractivity contribution >= 4 is 12.6 Å². The number of rotatable bonds is 4. The summed E-state index contributed by atoms with van der Waals surface area (Å²) < 4.78 is 10.5. The predicted molar refractivity (Wildman–Crippen MR) is 56.7 cm³/mol. The smallest absolute Gasteiger partial charge is 0.186 e. The summed E-state index contributed by atoms with van der Waals surface area (Å²) in [5, 5.41) is 28.3. The Morgan fingerprint density at radius 2 is 2.00 bits per heavy atom. The summed E-state index contributed by atoms with van der Waals surface area (Å²) in [5.41, 5.74) is 0. The molecule has 1 heterocycles. The van der Waals surface area contributed by atoms with Gasteiger partial charge in [-0.15, -0.1) is 0 Å². The third-order valence-electron chi connectivity index (χ3n) is 2.60. The second-order valence-corrected chi connectivity index (χ2v) is 4.08. The second-order valence-electron chi connectivity index (χ2n) is 3.63. The number of hydrogen-bond donors (Lipinski definition) is 4. The maximum absolute atomic E-state index is 9.69. The van der Waals surface area contributed by atoms with Crippen LogP contribution in [0.15, 0.2) is 0 Å². The summed E-state index contributed by atoms with van der Waals surface area (Å²) in [4.78, 5) is 0. The quantitative estimate of drug-likeness (QED) is 0.473. The molecule has 0 radical (unpaired) electrons. The molecule has 0 aliphatic carbocycles. The normalized spacial score (nSPS) is 41.8. The van der Waals surface area contributed by atoms with Crippen LogP contribution in [0.1, 0.15) is 6.92 Å². The zero-order valence-electron chi connectivity index (χ0n) is 8.61. The zero-order valence-corrected chi connectivity index (χ0v) is 9.51. The van der Waals surface area contributed by atoms with Gasteiger partial charge < -0.3 is 24.8 Å². The SMILES string of the molecule is CC1O[C@H](OCCS)C(O)[C@@H](O)[C@@H]1CO. The lowest BCUT2D eigenvalue weighted by atomic mass is 9.90.